The van der Waals surface area contributed by atoms with Crippen LogP contribution in [0.25, 0.3) is 0 Å². The number of nitrogens with zero attached hydrogens (tertiary/aromatic N) is 1. The molecule has 21 heavy (non-hydrogen) atoms. The lowest BCUT2D eigenvalue weighted by atomic mass is 10.0. The third-order valence-corrected chi connectivity index (χ3v) is 3.95. The Balaban J connectivity index is 2.22. The predicted molar refractivity (Wildman–Crippen MR) is 76.2 cm³/mol. The first-order valence-corrected chi connectivity index (χ1v) is 7.16. The zero-order chi connectivity index (χ0) is 15.5. The second-order valence-corrected chi connectivity index (χ2v) is 5.48. The Hall–Kier alpha value is -1.27. The highest BCUT2D eigenvalue weighted by molar-refractivity contribution is 5.52. The van der Waals surface area contributed by atoms with Crippen molar-refractivity contribution in [3.8, 4) is 0 Å². The van der Waals surface area contributed by atoms with Crippen LogP contribution in [-0.4, -0.2) is 31.9 Å². The van der Waals surface area contributed by atoms with Crippen molar-refractivity contribution in [3.05, 3.63) is 29.3 Å². The first kappa shape index (κ1) is 16.1. The minimum Gasteiger partial charge on any atom is -0.396 e. The number of rotatable bonds is 5. The van der Waals surface area contributed by atoms with E-state index in [0.29, 0.717) is 24.6 Å². The topological polar surface area (TPSA) is 35.5 Å². The van der Waals surface area contributed by atoms with Crippen LogP contribution in [0.15, 0.2) is 18.2 Å². The minimum absolute atomic E-state index is 0.132. The van der Waals surface area contributed by atoms with Gasteiger partial charge in [-0.05, 0) is 43.5 Å². The molecule has 0 amide bonds. The molecule has 0 spiro atoms. The van der Waals surface area contributed by atoms with Gasteiger partial charge in [-0.15, -0.1) is 0 Å². The summed E-state index contributed by atoms with van der Waals surface area (Å²) in [6.07, 6.45) is -2.72. The molecule has 1 aliphatic heterocycles. The number of aliphatic hydroxyl groups is 1. The van der Waals surface area contributed by atoms with Gasteiger partial charge in [0.2, 0.25) is 0 Å². The molecular weight excluding hydrogens is 281 g/mol. The van der Waals surface area contributed by atoms with Gasteiger partial charge in [-0.2, -0.15) is 13.2 Å². The van der Waals surface area contributed by atoms with Crippen LogP contribution in [0.4, 0.5) is 18.9 Å². The largest absolute Gasteiger partial charge is 0.416 e. The van der Waals surface area contributed by atoms with Crippen LogP contribution < -0.4 is 10.2 Å². The molecule has 1 aromatic rings. The maximum Gasteiger partial charge on any atom is 0.416 e. The molecule has 1 unspecified atom stereocenters. The molecule has 1 aromatic carbocycles. The Kier molecular flexibility index (Phi) is 5.11. The van der Waals surface area contributed by atoms with Crippen molar-refractivity contribution < 1.29 is 18.3 Å². The SMILES string of the molecule is CNCc1ccc(N2CCC(CCO)C2)cc1C(F)(F)F. The monoisotopic (exact) mass is 302 g/mol. The van der Waals surface area contributed by atoms with Gasteiger partial charge in [0, 0.05) is 31.9 Å². The molecule has 118 valence electrons. The summed E-state index contributed by atoms with van der Waals surface area (Å²) in [7, 11) is 1.63. The number of hydrogen-bond donors (Lipinski definition) is 2. The van der Waals surface area contributed by atoms with Gasteiger partial charge in [0.05, 0.1) is 5.56 Å². The van der Waals surface area contributed by atoms with Crippen LogP contribution in [-0.2, 0) is 12.7 Å². The number of hydrogen-bond acceptors (Lipinski definition) is 3. The molecule has 1 fully saturated rings. The predicted octanol–water partition coefficient (Wildman–Crippen LogP) is 2.63. The van der Waals surface area contributed by atoms with Crippen LogP contribution in [0.1, 0.15) is 24.0 Å². The summed E-state index contributed by atoms with van der Waals surface area (Å²) in [5.41, 5.74) is 0.308. The smallest absolute Gasteiger partial charge is 0.396 e. The van der Waals surface area contributed by atoms with E-state index >= 15 is 0 Å². The maximum absolute atomic E-state index is 13.2. The van der Waals surface area contributed by atoms with Crippen molar-refractivity contribution in [2.75, 3.05) is 31.6 Å². The Labute approximate surface area is 122 Å². The van der Waals surface area contributed by atoms with Crippen molar-refractivity contribution >= 4 is 5.69 Å². The van der Waals surface area contributed by atoms with Crippen LogP contribution in [0, 0.1) is 5.92 Å². The van der Waals surface area contributed by atoms with Crippen molar-refractivity contribution in [1.29, 1.82) is 0 Å². The number of nitrogens with one attached hydrogen (secondary N) is 1. The van der Waals surface area contributed by atoms with Crippen LogP contribution >= 0.6 is 0 Å². The standard InChI is InChI=1S/C15H21F3N2O/c1-19-9-12-2-3-13(8-14(12)15(16,17)18)20-6-4-11(10-20)5-7-21/h2-3,8,11,19,21H,4-7,9-10H2,1H3. The van der Waals surface area contributed by atoms with E-state index in [9.17, 15) is 13.2 Å². The van der Waals surface area contributed by atoms with E-state index in [1.54, 1.807) is 19.2 Å². The Morgan fingerprint density at radius 2 is 2.14 bits per heavy atom. The summed E-state index contributed by atoms with van der Waals surface area (Å²) in [5.74, 6) is 0.362. The van der Waals surface area contributed by atoms with Gasteiger partial charge in [0.1, 0.15) is 0 Å². The summed E-state index contributed by atoms with van der Waals surface area (Å²) in [6, 6.07) is 4.55. The van der Waals surface area contributed by atoms with Crippen molar-refractivity contribution in [1.82, 2.24) is 5.32 Å². The Morgan fingerprint density at radius 1 is 1.38 bits per heavy atom. The first-order valence-electron chi connectivity index (χ1n) is 7.16. The van der Waals surface area contributed by atoms with E-state index in [0.717, 1.165) is 13.0 Å². The molecule has 2 rings (SSSR count). The molecule has 0 saturated carbocycles. The highest BCUT2D eigenvalue weighted by Gasteiger charge is 2.34. The molecule has 0 aliphatic carbocycles. The van der Waals surface area contributed by atoms with Gasteiger partial charge in [0.15, 0.2) is 0 Å². The fourth-order valence-electron chi connectivity index (χ4n) is 2.85. The van der Waals surface area contributed by atoms with Gasteiger partial charge in [-0.3, -0.25) is 0 Å². The highest BCUT2D eigenvalue weighted by atomic mass is 19.4. The molecule has 2 N–H and O–H groups in total. The fourth-order valence-corrected chi connectivity index (χ4v) is 2.85. The maximum atomic E-state index is 13.2. The van der Waals surface area contributed by atoms with Gasteiger partial charge in [0.25, 0.3) is 0 Å². The number of benzene rings is 1. The number of alkyl halides is 3. The first-order chi connectivity index (χ1) is 9.95. The summed E-state index contributed by atoms with van der Waals surface area (Å²) in [4.78, 5) is 1.97. The molecule has 1 aliphatic rings. The van der Waals surface area contributed by atoms with E-state index in [2.05, 4.69) is 5.32 Å². The molecular formula is C15H21F3N2O. The van der Waals surface area contributed by atoms with E-state index in [4.69, 9.17) is 5.11 Å². The molecule has 3 nitrogen and oxygen atoms in total. The quantitative estimate of drug-likeness (QED) is 0.878. The van der Waals surface area contributed by atoms with Crippen molar-refractivity contribution in [3.63, 3.8) is 0 Å². The normalized spacial score (nSPS) is 19.3. The number of anilines is 1. The van der Waals surface area contributed by atoms with E-state index in [1.165, 1.54) is 6.07 Å². The second kappa shape index (κ2) is 6.66. The molecule has 6 heteroatoms. The number of aliphatic hydroxyl groups excluding tert-OH is 1. The van der Waals surface area contributed by atoms with Gasteiger partial charge in [-0.25, -0.2) is 0 Å². The average Bonchev–Trinajstić information content (AvgIpc) is 2.87. The average molecular weight is 302 g/mol. The third-order valence-electron chi connectivity index (χ3n) is 3.95. The Bertz CT molecular complexity index is 476. The molecule has 1 heterocycles. The minimum atomic E-state index is -4.34. The molecule has 0 radical (unpaired) electrons. The van der Waals surface area contributed by atoms with Crippen LogP contribution in [0.3, 0.4) is 0 Å². The van der Waals surface area contributed by atoms with E-state index in [-0.39, 0.29) is 18.7 Å². The summed E-state index contributed by atoms with van der Waals surface area (Å²) in [6.45, 7) is 1.78. The molecule has 1 atom stereocenters. The number of halogens is 3. The summed E-state index contributed by atoms with van der Waals surface area (Å²) < 4.78 is 39.5. The fraction of sp³-hybridized carbons (Fsp3) is 0.600. The van der Waals surface area contributed by atoms with Gasteiger partial charge >= 0.3 is 6.18 Å². The third kappa shape index (κ3) is 3.89. The second-order valence-electron chi connectivity index (χ2n) is 5.48. The van der Waals surface area contributed by atoms with Crippen LogP contribution in [0.5, 0.6) is 0 Å². The lowest BCUT2D eigenvalue weighted by molar-refractivity contribution is -0.138. The zero-order valence-corrected chi connectivity index (χ0v) is 12.1. The van der Waals surface area contributed by atoms with Crippen molar-refractivity contribution in [2.45, 2.75) is 25.6 Å². The molecule has 0 bridgehead atoms. The Morgan fingerprint density at radius 3 is 2.76 bits per heavy atom. The van der Waals surface area contributed by atoms with E-state index in [1.807, 2.05) is 4.90 Å². The van der Waals surface area contributed by atoms with Gasteiger partial charge in [-0.1, -0.05) is 6.07 Å². The van der Waals surface area contributed by atoms with E-state index < -0.39 is 11.7 Å². The van der Waals surface area contributed by atoms with Crippen LogP contribution in [0.2, 0.25) is 0 Å². The lowest BCUT2D eigenvalue weighted by Crippen LogP contribution is -2.21. The summed E-state index contributed by atoms with van der Waals surface area (Å²) in [5, 5.41) is 11.7. The molecule has 0 aromatic heterocycles. The zero-order valence-electron chi connectivity index (χ0n) is 12.1. The summed E-state index contributed by atoms with van der Waals surface area (Å²) >= 11 is 0. The lowest BCUT2D eigenvalue weighted by Gasteiger charge is -2.22. The molecule has 1 saturated heterocycles. The van der Waals surface area contributed by atoms with Crippen molar-refractivity contribution in [2.24, 2.45) is 5.92 Å². The highest BCUT2D eigenvalue weighted by Crippen LogP contribution is 2.36. The van der Waals surface area contributed by atoms with Gasteiger partial charge < -0.3 is 15.3 Å².